The molecule has 0 spiro atoms. The third kappa shape index (κ3) is 2.88. The summed E-state index contributed by atoms with van der Waals surface area (Å²) in [5.74, 6) is -1.92. The summed E-state index contributed by atoms with van der Waals surface area (Å²) in [7, 11) is 2.55. The quantitative estimate of drug-likeness (QED) is 0.456. The van der Waals surface area contributed by atoms with Gasteiger partial charge in [0.15, 0.2) is 12.3 Å². The molecule has 3 heterocycles. The molecule has 0 saturated heterocycles. The molecule has 2 N–H and O–H groups in total. The number of fused-ring (bicyclic) bond motifs is 1. The molecule has 0 aliphatic carbocycles. The number of ketones is 1. The molecule has 3 aromatic heterocycles. The maximum absolute atomic E-state index is 12.4. The van der Waals surface area contributed by atoms with Crippen molar-refractivity contribution < 1.29 is 14.3 Å². The zero-order valence-corrected chi connectivity index (χ0v) is 14.8. The number of carbonyl (C=O) groups is 2. The smallest absolute Gasteiger partial charge is 0.344 e. The lowest BCUT2D eigenvalue weighted by molar-refractivity contribution is 0.0475. The molecule has 0 atom stereocenters. The van der Waals surface area contributed by atoms with Crippen molar-refractivity contribution in [3.05, 3.63) is 56.1 Å². The van der Waals surface area contributed by atoms with Gasteiger partial charge >= 0.3 is 11.7 Å². The van der Waals surface area contributed by atoms with Gasteiger partial charge in [0, 0.05) is 26.5 Å². The minimum atomic E-state index is -0.856. The topological polar surface area (TPSA) is 144 Å². The van der Waals surface area contributed by atoms with E-state index < -0.39 is 35.2 Å². The second-order valence-corrected chi connectivity index (χ2v) is 5.81. The molecule has 0 fully saturated rings. The van der Waals surface area contributed by atoms with Gasteiger partial charge in [-0.3, -0.25) is 18.7 Å². The van der Waals surface area contributed by atoms with Gasteiger partial charge in [0.2, 0.25) is 5.78 Å². The maximum Gasteiger partial charge on any atom is 0.344 e. The van der Waals surface area contributed by atoms with Crippen molar-refractivity contribution in [2.75, 3.05) is 12.3 Å². The fraction of sp³-hybridized carbons (Fsp3) is 0.250. The van der Waals surface area contributed by atoms with Crippen LogP contribution in [0.2, 0.25) is 0 Å². The average Bonchev–Trinajstić information content (AvgIpc) is 2.98. The molecule has 140 valence electrons. The van der Waals surface area contributed by atoms with Crippen LogP contribution >= 0.6 is 0 Å². The summed E-state index contributed by atoms with van der Waals surface area (Å²) in [4.78, 5) is 52.9. The van der Waals surface area contributed by atoms with Crippen LogP contribution in [0.4, 0.5) is 5.82 Å². The van der Waals surface area contributed by atoms with Crippen LogP contribution in [0.3, 0.4) is 0 Å². The van der Waals surface area contributed by atoms with Crippen molar-refractivity contribution in [1.82, 2.24) is 23.7 Å². The molecule has 11 heteroatoms. The summed E-state index contributed by atoms with van der Waals surface area (Å²) in [6, 6.07) is 1.65. The number of nitrogens with zero attached hydrogens (tertiary/aromatic N) is 5. The molecule has 0 bridgehead atoms. The SMILES string of the molecule is Cc1nn2cccnc2c1C(=O)OCC(=O)c1c(N)n(C)c(=O)n(C)c1=O. The minimum Gasteiger partial charge on any atom is -0.454 e. The standard InChI is InChI=1S/C16H16N6O5/c1-8-10(13-18-5-4-6-22(13)19-8)15(25)27-7-9(23)11-12(17)20(2)16(26)21(3)14(11)24/h4-6H,7,17H2,1-3H3. The first kappa shape index (κ1) is 18.0. The number of carbonyl (C=O) groups excluding carboxylic acids is 2. The van der Waals surface area contributed by atoms with E-state index in [9.17, 15) is 19.2 Å². The highest BCUT2D eigenvalue weighted by molar-refractivity contribution is 6.03. The number of anilines is 1. The molecule has 27 heavy (non-hydrogen) atoms. The van der Waals surface area contributed by atoms with Gasteiger partial charge in [-0.25, -0.2) is 19.1 Å². The van der Waals surface area contributed by atoms with Crippen LogP contribution in [0.5, 0.6) is 0 Å². The second-order valence-electron chi connectivity index (χ2n) is 5.81. The van der Waals surface area contributed by atoms with Gasteiger partial charge in [0.25, 0.3) is 5.56 Å². The first-order valence-corrected chi connectivity index (χ1v) is 7.79. The van der Waals surface area contributed by atoms with Crippen molar-refractivity contribution in [1.29, 1.82) is 0 Å². The molecule has 0 aliphatic rings. The van der Waals surface area contributed by atoms with Crippen LogP contribution in [-0.2, 0) is 18.8 Å². The number of nitrogens with two attached hydrogens (primary N) is 1. The fourth-order valence-electron chi connectivity index (χ4n) is 2.63. The Morgan fingerprint density at radius 1 is 1.19 bits per heavy atom. The third-order valence-electron chi connectivity index (χ3n) is 4.10. The molecule has 0 amide bonds. The van der Waals surface area contributed by atoms with Crippen molar-refractivity contribution in [2.45, 2.75) is 6.92 Å². The Morgan fingerprint density at radius 2 is 1.89 bits per heavy atom. The third-order valence-corrected chi connectivity index (χ3v) is 4.10. The Balaban J connectivity index is 1.88. The van der Waals surface area contributed by atoms with Gasteiger partial charge in [-0.05, 0) is 13.0 Å². The number of Topliss-reactive ketones (excluding diaryl/α,β-unsaturated/α-hetero) is 1. The van der Waals surface area contributed by atoms with Crippen LogP contribution in [0.1, 0.15) is 26.4 Å². The molecule has 0 aromatic carbocycles. The van der Waals surface area contributed by atoms with E-state index in [4.69, 9.17) is 10.5 Å². The zero-order chi connectivity index (χ0) is 19.9. The van der Waals surface area contributed by atoms with Gasteiger partial charge in [-0.2, -0.15) is 5.10 Å². The average molecular weight is 372 g/mol. The summed E-state index contributed by atoms with van der Waals surface area (Å²) in [6.07, 6.45) is 3.11. The van der Waals surface area contributed by atoms with Gasteiger partial charge in [0.1, 0.15) is 16.9 Å². The first-order valence-electron chi connectivity index (χ1n) is 7.79. The maximum atomic E-state index is 12.4. The van der Waals surface area contributed by atoms with E-state index in [-0.39, 0.29) is 17.0 Å². The lowest BCUT2D eigenvalue weighted by Gasteiger charge is -2.10. The largest absolute Gasteiger partial charge is 0.454 e. The van der Waals surface area contributed by atoms with Crippen LogP contribution < -0.4 is 17.0 Å². The summed E-state index contributed by atoms with van der Waals surface area (Å²) < 4.78 is 8.17. The number of aromatic nitrogens is 5. The number of nitrogen functional groups attached to an aromatic ring is 1. The van der Waals surface area contributed by atoms with Gasteiger partial charge < -0.3 is 10.5 Å². The Labute approximate surface area is 151 Å². The number of esters is 1. The monoisotopic (exact) mass is 372 g/mol. The summed E-state index contributed by atoms with van der Waals surface area (Å²) >= 11 is 0. The van der Waals surface area contributed by atoms with Crippen molar-refractivity contribution >= 4 is 23.2 Å². The fourth-order valence-corrected chi connectivity index (χ4v) is 2.63. The number of rotatable bonds is 4. The molecular formula is C16H16N6O5. The molecule has 0 aliphatic heterocycles. The predicted octanol–water partition coefficient (Wildman–Crippen LogP) is -0.943. The highest BCUT2D eigenvalue weighted by Crippen LogP contribution is 2.14. The van der Waals surface area contributed by atoms with Crippen LogP contribution in [-0.4, -0.2) is 42.1 Å². The van der Waals surface area contributed by atoms with E-state index in [1.807, 2.05) is 0 Å². The zero-order valence-electron chi connectivity index (χ0n) is 14.8. The van der Waals surface area contributed by atoms with E-state index >= 15 is 0 Å². The number of aryl methyl sites for hydroxylation is 1. The van der Waals surface area contributed by atoms with E-state index in [0.717, 1.165) is 9.13 Å². The summed E-state index contributed by atoms with van der Waals surface area (Å²) in [6.45, 7) is 0.883. The van der Waals surface area contributed by atoms with Crippen LogP contribution in [0.15, 0.2) is 28.0 Å². The Kier molecular flexibility index (Phi) is 4.35. The number of ether oxygens (including phenoxy) is 1. The first-order chi connectivity index (χ1) is 12.7. The van der Waals surface area contributed by atoms with E-state index in [1.165, 1.54) is 24.8 Å². The highest BCUT2D eigenvalue weighted by Gasteiger charge is 2.24. The van der Waals surface area contributed by atoms with Crippen molar-refractivity contribution in [3.8, 4) is 0 Å². The summed E-state index contributed by atoms with van der Waals surface area (Å²) in [5.41, 5.74) is 4.56. The molecule has 3 aromatic rings. The molecule has 0 radical (unpaired) electrons. The van der Waals surface area contributed by atoms with E-state index in [2.05, 4.69) is 10.1 Å². The number of hydrogen-bond donors (Lipinski definition) is 1. The molecule has 11 nitrogen and oxygen atoms in total. The Hall–Kier alpha value is -3.76. The predicted molar refractivity (Wildman–Crippen MR) is 93.7 cm³/mol. The van der Waals surface area contributed by atoms with Gasteiger partial charge in [-0.15, -0.1) is 0 Å². The Morgan fingerprint density at radius 3 is 2.59 bits per heavy atom. The summed E-state index contributed by atoms with van der Waals surface area (Å²) in [5, 5.41) is 4.14. The molecular weight excluding hydrogens is 356 g/mol. The molecule has 0 unspecified atom stereocenters. The normalized spacial score (nSPS) is 10.9. The lowest BCUT2D eigenvalue weighted by Crippen LogP contribution is -2.42. The minimum absolute atomic E-state index is 0.115. The lowest BCUT2D eigenvalue weighted by atomic mass is 10.2. The van der Waals surface area contributed by atoms with Crippen LogP contribution in [0.25, 0.3) is 5.65 Å². The number of hydrogen-bond acceptors (Lipinski definition) is 8. The van der Waals surface area contributed by atoms with Crippen molar-refractivity contribution in [3.63, 3.8) is 0 Å². The van der Waals surface area contributed by atoms with Crippen molar-refractivity contribution in [2.24, 2.45) is 14.1 Å². The molecule has 3 rings (SSSR count). The molecule has 0 saturated carbocycles. The second kappa shape index (κ2) is 6.52. The highest BCUT2D eigenvalue weighted by atomic mass is 16.5. The van der Waals surface area contributed by atoms with Crippen LogP contribution in [0, 0.1) is 6.92 Å². The van der Waals surface area contributed by atoms with Gasteiger partial charge in [-0.1, -0.05) is 0 Å². The van der Waals surface area contributed by atoms with E-state index in [0.29, 0.717) is 5.69 Å². The Bertz CT molecular complexity index is 1200. The van der Waals surface area contributed by atoms with E-state index in [1.54, 1.807) is 19.2 Å². The van der Waals surface area contributed by atoms with Gasteiger partial charge in [0.05, 0.1) is 5.69 Å².